The minimum Gasteiger partial charge on any atom is -0.504 e. The monoisotopic (exact) mass is 513 g/mol. The Kier molecular flexibility index (Phi) is 8.01. The number of nitrogen functional groups attached to an aromatic ring is 2. The number of rotatable bonds is 12. The Bertz CT molecular complexity index is 1470. The number of nitrogens with two attached hydrogens (primary N) is 3. The van der Waals surface area contributed by atoms with Gasteiger partial charge in [-0.1, -0.05) is 43.3 Å². The molecule has 0 aliphatic carbocycles. The topological polar surface area (TPSA) is 155 Å². The molecule has 0 unspecified atom stereocenters. The molecule has 0 saturated carbocycles. The summed E-state index contributed by atoms with van der Waals surface area (Å²) < 4.78 is 12.1. The molecular weight excluding hydrogens is 482 g/mol. The number of fused-ring (bicyclic) bond motifs is 1. The van der Waals surface area contributed by atoms with E-state index in [0.717, 1.165) is 12.0 Å². The second-order valence-electron chi connectivity index (χ2n) is 9.22. The summed E-state index contributed by atoms with van der Waals surface area (Å²) in [6.45, 7) is 4.03. The molecule has 1 heterocycles. The molecule has 7 N–H and O–H groups in total. The van der Waals surface area contributed by atoms with Gasteiger partial charge in [0.1, 0.15) is 22.9 Å². The van der Waals surface area contributed by atoms with Gasteiger partial charge >= 0.3 is 0 Å². The molecule has 0 aliphatic rings. The minimum atomic E-state index is -0.339. The summed E-state index contributed by atoms with van der Waals surface area (Å²) in [5.74, 6) is 0.700. The van der Waals surface area contributed by atoms with Gasteiger partial charge in [-0.25, -0.2) is 0 Å². The fourth-order valence-corrected chi connectivity index (χ4v) is 4.36. The summed E-state index contributed by atoms with van der Waals surface area (Å²) in [6, 6.07) is 17.9. The molecule has 3 aromatic carbocycles. The fraction of sp³-hybridized carbons (Fsp3) is 0.200. The lowest BCUT2D eigenvalue weighted by Crippen LogP contribution is -2.09. The summed E-state index contributed by atoms with van der Waals surface area (Å²) in [5, 5.41) is 10.6. The Labute approximate surface area is 220 Å². The second-order valence-corrected chi connectivity index (χ2v) is 9.22. The molecule has 0 bridgehead atoms. The summed E-state index contributed by atoms with van der Waals surface area (Å²) >= 11 is 0. The smallest absolute Gasteiger partial charge is 0.217 e. The molecular formula is C30H31N3O5. The Morgan fingerprint density at radius 2 is 1.66 bits per heavy atom. The lowest BCUT2D eigenvalue weighted by Gasteiger charge is -2.09. The van der Waals surface area contributed by atoms with Gasteiger partial charge in [0.2, 0.25) is 5.91 Å². The highest BCUT2D eigenvalue weighted by Crippen LogP contribution is 2.35. The molecule has 4 rings (SSSR count). The van der Waals surface area contributed by atoms with Crippen molar-refractivity contribution >= 4 is 34.0 Å². The van der Waals surface area contributed by atoms with Crippen LogP contribution in [0.4, 0.5) is 11.4 Å². The van der Waals surface area contributed by atoms with Gasteiger partial charge in [-0.3, -0.25) is 9.59 Å². The highest BCUT2D eigenvalue weighted by Gasteiger charge is 2.24. The molecule has 0 fully saturated rings. The number of carbonyl (C=O) groups is 2. The van der Waals surface area contributed by atoms with Crippen molar-refractivity contribution in [2.45, 2.75) is 38.5 Å². The first kappa shape index (κ1) is 26.3. The minimum absolute atomic E-state index is 0.0155. The van der Waals surface area contributed by atoms with E-state index in [9.17, 15) is 14.7 Å². The van der Waals surface area contributed by atoms with E-state index in [1.165, 1.54) is 12.1 Å². The molecule has 0 radical (unpaired) electrons. The molecule has 38 heavy (non-hydrogen) atoms. The van der Waals surface area contributed by atoms with Crippen molar-refractivity contribution in [3.05, 3.63) is 95.5 Å². The predicted octanol–water partition coefficient (Wildman–Crippen LogP) is 5.26. The third kappa shape index (κ3) is 6.15. The maximum absolute atomic E-state index is 13.6. The van der Waals surface area contributed by atoms with Crippen molar-refractivity contribution < 1.29 is 23.8 Å². The average molecular weight is 514 g/mol. The highest BCUT2D eigenvalue weighted by molar-refractivity contribution is 6.17. The molecule has 8 heteroatoms. The number of benzene rings is 3. The van der Waals surface area contributed by atoms with Crippen molar-refractivity contribution in [3.8, 4) is 11.5 Å². The number of furan rings is 1. The van der Waals surface area contributed by atoms with Crippen molar-refractivity contribution in [1.82, 2.24) is 0 Å². The van der Waals surface area contributed by atoms with Gasteiger partial charge in [-0.15, -0.1) is 0 Å². The number of hydrogen-bond acceptors (Lipinski definition) is 7. The Morgan fingerprint density at radius 1 is 0.947 bits per heavy atom. The van der Waals surface area contributed by atoms with Gasteiger partial charge in [0.05, 0.1) is 16.9 Å². The van der Waals surface area contributed by atoms with Crippen LogP contribution in [0.2, 0.25) is 0 Å². The van der Waals surface area contributed by atoms with Gasteiger partial charge < -0.3 is 31.5 Å². The van der Waals surface area contributed by atoms with Crippen LogP contribution in [0.5, 0.6) is 11.5 Å². The van der Waals surface area contributed by atoms with E-state index in [1.807, 2.05) is 30.3 Å². The van der Waals surface area contributed by atoms with Crippen LogP contribution in [0.1, 0.15) is 52.9 Å². The third-order valence-electron chi connectivity index (χ3n) is 6.23. The fourth-order valence-electron chi connectivity index (χ4n) is 4.36. The van der Waals surface area contributed by atoms with Gasteiger partial charge in [0.25, 0.3) is 0 Å². The maximum Gasteiger partial charge on any atom is 0.217 e. The van der Waals surface area contributed by atoms with E-state index in [0.29, 0.717) is 65.9 Å². The van der Waals surface area contributed by atoms with Crippen molar-refractivity contribution in [1.29, 1.82) is 0 Å². The number of hydrogen-bond donors (Lipinski definition) is 4. The number of unbranched alkanes of at least 4 members (excludes halogenated alkanes) is 2. The van der Waals surface area contributed by atoms with Crippen LogP contribution in [-0.2, 0) is 17.6 Å². The Hall–Kier alpha value is -4.72. The van der Waals surface area contributed by atoms with Crippen LogP contribution in [0.25, 0.3) is 11.0 Å². The molecule has 1 amide bonds. The van der Waals surface area contributed by atoms with E-state index in [2.05, 4.69) is 6.58 Å². The number of carbonyl (C=O) groups excluding carboxylic acids is 2. The first-order valence-corrected chi connectivity index (χ1v) is 12.4. The van der Waals surface area contributed by atoms with Crippen LogP contribution in [0.3, 0.4) is 0 Å². The molecule has 0 saturated heterocycles. The SMILES string of the molecule is C=C(Cc1ccccc1)Oc1ccc2c(C(=O)c3cc(N)c(O)c(N)c3)c(CCCCCC(N)=O)oc2c1. The number of aryl methyl sites for hydroxylation is 1. The number of allylic oxidation sites excluding steroid dienone is 1. The van der Waals surface area contributed by atoms with E-state index in [1.54, 1.807) is 18.2 Å². The number of aromatic hydroxyl groups is 1. The molecule has 8 nitrogen and oxygen atoms in total. The lowest BCUT2D eigenvalue weighted by atomic mass is 9.97. The normalized spacial score (nSPS) is 10.9. The number of amides is 1. The second kappa shape index (κ2) is 11.6. The first-order chi connectivity index (χ1) is 18.2. The van der Waals surface area contributed by atoms with E-state index >= 15 is 0 Å². The van der Waals surface area contributed by atoms with Crippen molar-refractivity contribution in [3.63, 3.8) is 0 Å². The summed E-state index contributed by atoms with van der Waals surface area (Å²) in [5.41, 5.74) is 19.2. The van der Waals surface area contributed by atoms with E-state index < -0.39 is 0 Å². The van der Waals surface area contributed by atoms with Crippen molar-refractivity contribution in [2.75, 3.05) is 11.5 Å². The number of ether oxygens (including phenoxy) is 1. The van der Waals surface area contributed by atoms with Crippen LogP contribution < -0.4 is 21.9 Å². The van der Waals surface area contributed by atoms with Gasteiger partial charge in [-0.05, 0) is 42.7 Å². The number of anilines is 2. The number of phenolic OH excluding ortho intramolecular Hbond substituents is 1. The zero-order valence-electron chi connectivity index (χ0n) is 21.0. The zero-order chi connectivity index (χ0) is 27.2. The lowest BCUT2D eigenvalue weighted by molar-refractivity contribution is -0.118. The van der Waals surface area contributed by atoms with E-state index in [4.69, 9.17) is 26.4 Å². The molecule has 196 valence electrons. The van der Waals surface area contributed by atoms with Crippen LogP contribution in [0, 0.1) is 0 Å². The first-order valence-electron chi connectivity index (χ1n) is 12.4. The number of primary amides is 1. The average Bonchev–Trinajstić information content (AvgIpc) is 3.24. The Morgan fingerprint density at radius 3 is 2.34 bits per heavy atom. The molecule has 0 aliphatic heterocycles. The molecule has 4 aromatic rings. The molecule has 1 aromatic heterocycles. The van der Waals surface area contributed by atoms with Crippen LogP contribution >= 0.6 is 0 Å². The molecule has 0 atom stereocenters. The summed E-state index contributed by atoms with van der Waals surface area (Å²) in [4.78, 5) is 24.7. The Balaban J connectivity index is 1.63. The van der Waals surface area contributed by atoms with Gasteiger partial charge in [0.15, 0.2) is 11.5 Å². The van der Waals surface area contributed by atoms with Crippen molar-refractivity contribution in [2.24, 2.45) is 5.73 Å². The largest absolute Gasteiger partial charge is 0.504 e. The van der Waals surface area contributed by atoms with Gasteiger partial charge in [0, 0.05) is 36.3 Å². The number of ketones is 1. The zero-order valence-corrected chi connectivity index (χ0v) is 21.0. The van der Waals surface area contributed by atoms with Crippen LogP contribution in [-0.4, -0.2) is 16.8 Å². The molecule has 0 spiro atoms. The number of phenols is 1. The predicted molar refractivity (Wildman–Crippen MR) is 148 cm³/mol. The maximum atomic E-state index is 13.6. The quantitative estimate of drug-likeness (QED) is 0.0662. The van der Waals surface area contributed by atoms with Gasteiger partial charge in [-0.2, -0.15) is 0 Å². The standard InChI is InChI=1S/C30H31N3O5/c1-18(14-19-8-4-2-5-9-19)37-21-12-13-22-26(17-21)38-25(10-6-3-7-11-27(33)34)28(22)29(35)20-15-23(31)30(36)24(32)16-20/h2,4-5,8-9,12-13,15-17,36H,1,3,6-7,10-11,14,31-32H2,(H2,33,34). The summed E-state index contributed by atoms with van der Waals surface area (Å²) in [6.07, 6.45) is 3.46. The highest BCUT2D eigenvalue weighted by atomic mass is 16.5. The van der Waals surface area contributed by atoms with Crippen LogP contribution in [0.15, 0.2) is 77.4 Å². The summed E-state index contributed by atoms with van der Waals surface area (Å²) in [7, 11) is 0. The van der Waals surface area contributed by atoms with E-state index in [-0.39, 0.29) is 34.4 Å². The third-order valence-corrected chi connectivity index (χ3v) is 6.23.